The topological polar surface area (TPSA) is 52.6 Å². The van der Waals surface area contributed by atoms with E-state index < -0.39 is 0 Å². The molecular weight excluding hydrogens is 180 g/mol. The highest BCUT2D eigenvalue weighted by atomic mass is 16.3. The minimum absolute atomic E-state index is 0.118. The van der Waals surface area contributed by atoms with Gasteiger partial charge in [-0.05, 0) is 13.8 Å². The van der Waals surface area contributed by atoms with Crippen LogP contribution >= 0.6 is 0 Å². The second kappa shape index (κ2) is 5.32. The van der Waals surface area contributed by atoms with E-state index >= 15 is 0 Å². The molecule has 1 fully saturated rings. The number of carbonyl (C=O) groups is 1. The molecule has 1 aliphatic rings. The van der Waals surface area contributed by atoms with E-state index in [0.717, 1.165) is 19.6 Å². The van der Waals surface area contributed by atoms with Crippen LogP contribution in [0.2, 0.25) is 0 Å². The number of likely N-dealkylation sites (tertiary alicyclic amines) is 1. The predicted molar refractivity (Wildman–Crippen MR) is 54.9 cm³/mol. The highest BCUT2D eigenvalue weighted by Gasteiger charge is 2.25. The van der Waals surface area contributed by atoms with Gasteiger partial charge in [0.25, 0.3) is 0 Å². The fourth-order valence-electron chi connectivity index (χ4n) is 1.63. The molecule has 1 amide bonds. The average molecular weight is 200 g/mol. The Labute approximate surface area is 85.3 Å². The van der Waals surface area contributed by atoms with Gasteiger partial charge in [-0.25, -0.2) is 0 Å². The van der Waals surface area contributed by atoms with E-state index in [4.69, 9.17) is 5.11 Å². The largest absolute Gasteiger partial charge is 0.396 e. The molecule has 1 heterocycles. The molecule has 0 atom stereocenters. The van der Waals surface area contributed by atoms with Crippen LogP contribution in [0.4, 0.5) is 0 Å². The lowest BCUT2D eigenvalue weighted by molar-refractivity contribution is -0.122. The van der Waals surface area contributed by atoms with Gasteiger partial charge < -0.3 is 15.3 Å². The van der Waals surface area contributed by atoms with Crippen molar-refractivity contribution in [2.24, 2.45) is 5.92 Å². The number of carbonyl (C=O) groups excluding carboxylic acids is 1. The fourth-order valence-corrected chi connectivity index (χ4v) is 1.63. The second-order valence-electron chi connectivity index (χ2n) is 4.28. The number of hydrogen-bond donors (Lipinski definition) is 2. The average Bonchev–Trinajstić information content (AvgIpc) is 2.00. The molecule has 0 aromatic heterocycles. The molecule has 0 spiro atoms. The number of nitrogens with zero attached hydrogens (tertiary/aromatic N) is 1. The van der Waals surface area contributed by atoms with Gasteiger partial charge in [-0.2, -0.15) is 0 Å². The monoisotopic (exact) mass is 200 g/mol. The Morgan fingerprint density at radius 1 is 1.57 bits per heavy atom. The third-order valence-electron chi connectivity index (χ3n) is 2.40. The van der Waals surface area contributed by atoms with E-state index in [2.05, 4.69) is 10.2 Å². The summed E-state index contributed by atoms with van der Waals surface area (Å²) in [6.45, 7) is 6.88. The second-order valence-corrected chi connectivity index (χ2v) is 4.28. The van der Waals surface area contributed by atoms with Crippen molar-refractivity contribution >= 4 is 5.91 Å². The number of amides is 1. The molecule has 2 N–H and O–H groups in total. The summed E-state index contributed by atoms with van der Waals surface area (Å²) in [5, 5.41) is 11.7. The van der Waals surface area contributed by atoms with Gasteiger partial charge in [0, 0.05) is 44.6 Å². The summed E-state index contributed by atoms with van der Waals surface area (Å²) < 4.78 is 0. The van der Waals surface area contributed by atoms with Crippen molar-refractivity contribution in [2.45, 2.75) is 26.3 Å². The Morgan fingerprint density at radius 3 is 2.71 bits per heavy atom. The molecule has 0 bridgehead atoms. The zero-order valence-electron chi connectivity index (χ0n) is 8.99. The summed E-state index contributed by atoms with van der Waals surface area (Å²) in [4.78, 5) is 13.5. The molecule has 14 heavy (non-hydrogen) atoms. The molecule has 0 aromatic carbocycles. The van der Waals surface area contributed by atoms with Crippen molar-refractivity contribution in [1.82, 2.24) is 10.2 Å². The lowest BCUT2D eigenvalue weighted by Gasteiger charge is -2.38. The van der Waals surface area contributed by atoms with Gasteiger partial charge in [0.15, 0.2) is 0 Å². The van der Waals surface area contributed by atoms with E-state index in [1.165, 1.54) is 0 Å². The van der Waals surface area contributed by atoms with Crippen molar-refractivity contribution in [3.05, 3.63) is 0 Å². The number of aliphatic hydroxyl groups is 1. The molecule has 4 heteroatoms. The molecule has 0 unspecified atom stereocenters. The Morgan fingerprint density at radius 2 is 2.21 bits per heavy atom. The summed E-state index contributed by atoms with van der Waals surface area (Å²) in [5.74, 6) is 0.551. The lowest BCUT2D eigenvalue weighted by Crippen LogP contribution is -2.49. The molecule has 0 saturated carbocycles. The molecule has 0 aliphatic carbocycles. The van der Waals surface area contributed by atoms with E-state index in [1.807, 2.05) is 13.8 Å². The standard InChI is InChI=1S/C10H20N2O2/c1-8(2)11-10(14)3-4-12-5-9(6-12)7-13/h8-9,13H,3-7H2,1-2H3,(H,11,14). The number of rotatable bonds is 5. The predicted octanol–water partition coefficient (Wildman–Crippen LogP) is -0.175. The smallest absolute Gasteiger partial charge is 0.221 e. The van der Waals surface area contributed by atoms with Gasteiger partial charge in [0.05, 0.1) is 0 Å². The van der Waals surface area contributed by atoms with Crippen LogP contribution in [0.5, 0.6) is 0 Å². The van der Waals surface area contributed by atoms with Gasteiger partial charge in [0.2, 0.25) is 5.91 Å². The van der Waals surface area contributed by atoms with Crippen LogP contribution in [-0.4, -0.2) is 48.2 Å². The highest BCUT2D eigenvalue weighted by molar-refractivity contribution is 5.76. The van der Waals surface area contributed by atoms with E-state index in [9.17, 15) is 4.79 Å². The van der Waals surface area contributed by atoms with Crippen LogP contribution in [0.1, 0.15) is 20.3 Å². The molecule has 4 nitrogen and oxygen atoms in total. The number of nitrogens with one attached hydrogen (secondary N) is 1. The van der Waals surface area contributed by atoms with E-state index in [0.29, 0.717) is 12.3 Å². The molecular formula is C10H20N2O2. The maximum Gasteiger partial charge on any atom is 0.221 e. The number of hydrogen-bond acceptors (Lipinski definition) is 3. The van der Waals surface area contributed by atoms with Gasteiger partial charge in [-0.1, -0.05) is 0 Å². The first kappa shape index (κ1) is 11.5. The summed E-state index contributed by atoms with van der Waals surface area (Å²) in [5.41, 5.74) is 0. The van der Waals surface area contributed by atoms with Gasteiger partial charge in [-0.3, -0.25) is 4.79 Å². The highest BCUT2D eigenvalue weighted by Crippen LogP contribution is 2.14. The SMILES string of the molecule is CC(C)NC(=O)CCN1CC(CO)C1. The minimum Gasteiger partial charge on any atom is -0.396 e. The maximum atomic E-state index is 11.3. The Hall–Kier alpha value is -0.610. The quantitative estimate of drug-likeness (QED) is 0.647. The van der Waals surface area contributed by atoms with E-state index in [-0.39, 0.29) is 18.6 Å². The summed E-state index contributed by atoms with van der Waals surface area (Å²) in [6.07, 6.45) is 0.566. The fraction of sp³-hybridized carbons (Fsp3) is 0.900. The number of aliphatic hydroxyl groups excluding tert-OH is 1. The first-order valence-electron chi connectivity index (χ1n) is 5.24. The van der Waals surface area contributed by atoms with Crippen molar-refractivity contribution in [2.75, 3.05) is 26.2 Å². The molecule has 1 saturated heterocycles. The first-order chi connectivity index (χ1) is 6.61. The third kappa shape index (κ3) is 3.64. The van der Waals surface area contributed by atoms with Crippen molar-refractivity contribution in [1.29, 1.82) is 0 Å². The lowest BCUT2D eigenvalue weighted by atomic mass is 10.0. The summed E-state index contributed by atoms with van der Waals surface area (Å²) in [7, 11) is 0. The molecule has 1 aliphatic heterocycles. The maximum absolute atomic E-state index is 11.3. The van der Waals surface area contributed by atoms with Crippen molar-refractivity contribution in [3.63, 3.8) is 0 Å². The molecule has 1 rings (SSSR count). The Balaban J connectivity index is 2.02. The van der Waals surface area contributed by atoms with Crippen LogP contribution in [0.3, 0.4) is 0 Å². The zero-order chi connectivity index (χ0) is 10.6. The van der Waals surface area contributed by atoms with E-state index in [1.54, 1.807) is 0 Å². The van der Waals surface area contributed by atoms with Crippen LogP contribution < -0.4 is 5.32 Å². The summed E-state index contributed by atoms with van der Waals surface area (Å²) >= 11 is 0. The molecule has 82 valence electrons. The Kier molecular flexibility index (Phi) is 4.35. The molecule has 0 radical (unpaired) electrons. The van der Waals surface area contributed by atoms with Crippen LogP contribution in [-0.2, 0) is 4.79 Å². The van der Waals surface area contributed by atoms with Gasteiger partial charge >= 0.3 is 0 Å². The normalized spacial score (nSPS) is 18.3. The van der Waals surface area contributed by atoms with Crippen molar-refractivity contribution < 1.29 is 9.90 Å². The third-order valence-corrected chi connectivity index (χ3v) is 2.40. The minimum atomic E-state index is 0.118. The molecule has 0 aromatic rings. The Bertz CT molecular complexity index is 189. The summed E-state index contributed by atoms with van der Waals surface area (Å²) in [6, 6.07) is 0.226. The van der Waals surface area contributed by atoms with Gasteiger partial charge in [-0.15, -0.1) is 0 Å². The van der Waals surface area contributed by atoms with Crippen molar-refractivity contribution in [3.8, 4) is 0 Å². The zero-order valence-corrected chi connectivity index (χ0v) is 8.99. The van der Waals surface area contributed by atoms with Crippen LogP contribution in [0.15, 0.2) is 0 Å². The van der Waals surface area contributed by atoms with Crippen LogP contribution in [0.25, 0.3) is 0 Å². The first-order valence-corrected chi connectivity index (χ1v) is 5.24. The van der Waals surface area contributed by atoms with Crippen LogP contribution in [0, 0.1) is 5.92 Å². The van der Waals surface area contributed by atoms with Gasteiger partial charge in [0.1, 0.15) is 0 Å².